The number of aromatic nitrogens is 2. The van der Waals surface area contributed by atoms with Crippen molar-refractivity contribution in [2.24, 2.45) is 5.92 Å². The van der Waals surface area contributed by atoms with Crippen molar-refractivity contribution in [2.75, 3.05) is 11.4 Å². The first-order valence-electron chi connectivity index (χ1n) is 9.81. The highest BCUT2D eigenvalue weighted by atomic mass is 16.2. The van der Waals surface area contributed by atoms with Crippen LogP contribution in [-0.2, 0) is 9.59 Å². The van der Waals surface area contributed by atoms with Crippen LogP contribution in [0.1, 0.15) is 38.1 Å². The van der Waals surface area contributed by atoms with Crippen LogP contribution in [0, 0.1) is 5.92 Å². The highest BCUT2D eigenvalue weighted by molar-refractivity contribution is 6.00. The molecule has 1 aliphatic carbocycles. The molecule has 2 heterocycles. The van der Waals surface area contributed by atoms with Gasteiger partial charge in [-0.25, -0.2) is 4.68 Å². The summed E-state index contributed by atoms with van der Waals surface area (Å²) >= 11 is 0. The summed E-state index contributed by atoms with van der Waals surface area (Å²) in [6.07, 6.45) is 5.11. The van der Waals surface area contributed by atoms with Crippen LogP contribution in [0.25, 0.3) is 0 Å². The van der Waals surface area contributed by atoms with E-state index in [1.807, 2.05) is 30.3 Å². The molecule has 0 radical (unpaired) electrons. The van der Waals surface area contributed by atoms with Gasteiger partial charge in [-0.2, -0.15) is 5.10 Å². The zero-order valence-corrected chi connectivity index (χ0v) is 15.7. The fourth-order valence-corrected chi connectivity index (χ4v) is 4.17. The number of hydrogen-bond acceptors (Lipinski definition) is 4. The average Bonchev–Trinajstić information content (AvgIpc) is 3.12. The van der Waals surface area contributed by atoms with Crippen LogP contribution in [0.2, 0.25) is 0 Å². The molecule has 1 unspecified atom stereocenters. The lowest BCUT2D eigenvalue weighted by Gasteiger charge is -2.30. The summed E-state index contributed by atoms with van der Waals surface area (Å²) < 4.78 is 1.55. The maximum Gasteiger partial charge on any atom is 0.266 e. The molecule has 7 nitrogen and oxygen atoms in total. The molecule has 7 heteroatoms. The van der Waals surface area contributed by atoms with Gasteiger partial charge in [0.25, 0.3) is 5.56 Å². The lowest BCUT2D eigenvalue weighted by atomic mass is 9.90. The molecule has 1 N–H and O–H groups in total. The predicted molar refractivity (Wildman–Crippen MR) is 105 cm³/mol. The molecule has 2 amide bonds. The molecule has 4 rings (SSSR count). The number of nitrogens with zero attached hydrogens (tertiary/aromatic N) is 3. The average molecular weight is 380 g/mol. The fraction of sp³-hybridized carbons (Fsp3) is 0.429. The molecular formula is C21H24N4O3. The smallest absolute Gasteiger partial charge is 0.266 e. The highest BCUT2D eigenvalue weighted by Gasteiger charge is 2.36. The number of amides is 2. The molecular weight excluding hydrogens is 356 g/mol. The zero-order chi connectivity index (χ0) is 19.5. The first kappa shape index (κ1) is 18.4. The minimum Gasteiger partial charge on any atom is -0.353 e. The lowest BCUT2D eigenvalue weighted by molar-refractivity contribution is -0.127. The summed E-state index contributed by atoms with van der Waals surface area (Å²) in [6.45, 7) is 0.424. The Morgan fingerprint density at radius 3 is 2.46 bits per heavy atom. The van der Waals surface area contributed by atoms with E-state index in [0.717, 1.165) is 31.4 Å². The van der Waals surface area contributed by atoms with Gasteiger partial charge in [-0.05, 0) is 43.9 Å². The van der Waals surface area contributed by atoms with Crippen LogP contribution in [-0.4, -0.2) is 34.2 Å². The van der Waals surface area contributed by atoms with E-state index < -0.39 is 0 Å². The predicted octanol–water partition coefficient (Wildman–Crippen LogP) is 1.90. The lowest BCUT2D eigenvalue weighted by Crippen LogP contribution is -2.42. The van der Waals surface area contributed by atoms with E-state index in [9.17, 15) is 14.4 Å². The van der Waals surface area contributed by atoms with Crippen molar-refractivity contribution in [1.29, 1.82) is 0 Å². The van der Waals surface area contributed by atoms with Crippen molar-refractivity contribution in [3.8, 4) is 0 Å². The van der Waals surface area contributed by atoms with Crippen molar-refractivity contribution in [3.63, 3.8) is 0 Å². The van der Waals surface area contributed by atoms with E-state index in [1.165, 1.54) is 6.07 Å². The second kappa shape index (κ2) is 7.96. The van der Waals surface area contributed by atoms with Gasteiger partial charge in [-0.1, -0.05) is 18.2 Å². The molecule has 0 bridgehead atoms. The van der Waals surface area contributed by atoms with Gasteiger partial charge in [0.1, 0.15) is 0 Å². The zero-order valence-electron chi connectivity index (χ0n) is 15.7. The third-order valence-electron chi connectivity index (χ3n) is 5.69. The maximum absolute atomic E-state index is 12.7. The molecule has 0 spiro atoms. The summed E-state index contributed by atoms with van der Waals surface area (Å²) in [6, 6.07) is 12.8. The Bertz CT molecular complexity index is 903. The fourth-order valence-electron chi connectivity index (χ4n) is 4.17. The standard InChI is InChI=1S/C21H24N4O3/c26-19-7-4-12-22-25(19)18-10-8-16(9-11-18)23-21(28)15-13-20(27)24(14-15)17-5-2-1-3-6-17/h1-7,12,15-16,18H,8-11,13-14H2,(H,23,28). The van der Waals surface area contributed by atoms with E-state index in [2.05, 4.69) is 10.4 Å². The number of hydrogen-bond donors (Lipinski definition) is 1. The Hall–Kier alpha value is -2.96. The SMILES string of the molecule is O=C(NC1CCC(n2ncccc2=O)CC1)C1CC(=O)N(c2ccccc2)C1. The summed E-state index contributed by atoms with van der Waals surface area (Å²) in [7, 11) is 0. The Labute approximate surface area is 163 Å². The van der Waals surface area contributed by atoms with E-state index >= 15 is 0 Å². The highest BCUT2D eigenvalue weighted by Crippen LogP contribution is 2.28. The minimum absolute atomic E-state index is 0.00964. The van der Waals surface area contributed by atoms with Gasteiger partial charge in [-0.15, -0.1) is 0 Å². The second-order valence-electron chi connectivity index (χ2n) is 7.56. The van der Waals surface area contributed by atoms with Crippen LogP contribution in [0.5, 0.6) is 0 Å². The van der Waals surface area contributed by atoms with Gasteiger partial charge in [-0.3, -0.25) is 14.4 Å². The van der Waals surface area contributed by atoms with Crippen molar-refractivity contribution in [3.05, 3.63) is 59.0 Å². The van der Waals surface area contributed by atoms with Crippen molar-refractivity contribution < 1.29 is 9.59 Å². The number of para-hydroxylation sites is 1. The molecule has 28 heavy (non-hydrogen) atoms. The largest absolute Gasteiger partial charge is 0.353 e. The van der Waals surface area contributed by atoms with Gasteiger partial charge in [0, 0.05) is 37.0 Å². The number of carbonyl (C=O) groups excluding carboxylic acids is 2. The van der Waals surface area contributed by atoms with Crippen molar-refractivity contribution >= 4 is 17.5 Å². The van der Waals surface area contributed by atoms with Crippen LogP contribution < -0.4 is 15.8 Å². The van der Waals surface area contributed by atoms with Crippen molar-refractivity contribution in [1.82, 2.24) is 15.1 Å². The molecule has 1 atom stereocenters. The summed E-state index contributed by atoms with van der Waals surface area (Å²) in [5.41, 5.74) is 0.754. The van der Waals surface area contributed by atoms with Gasteiger partial charge >= 0.3 is 0 Å². The number of anilines is 1. The minimum atomic E-state index is -0.316. The Morgan fingerprint density at radius 1 is 1.00 bits per heavy atom. The van der Waals surface area contributed by atoms with Crippen LogP contribution in [0.4, 0.5) is 5.69 Å². The molecule has 1 aromatic heterocycles. The number of carbonyl (C=O) groups is 2. The summed E-state index contributed by atoms with van der Waals surface area (Å²) in [5.74, 6) is -0.376. The summed E-state index contributed by atoms with van der Waals surface area (Å²) in [5, 5.41) is 7.28. The molecule has 2 aliphatic rings. The maximum atomic E-state index is 12.7. The molecule has 2 fully saturated rings. The first-order chi connectivity index (χ1) is 13.6. The third-order valence-corrected chi connectivity index (χ3v) is 5.69. The van der Waals surface area contributed by atoms with Crippen molar-refractivity contribution in [2.45, 2.75) is 44.2 Å². The van der Waals surface area contributed by atoms with Gasteiger partial charge in [0.05, 0.1) is 12.0 Å². The number of nitrogens with one attached hydrogen (secondary N) is 1. The van der Waals surface area contributed by atoms with Gasteiger partial charge in [0.2, 0.25) is 11.8 Å². The second-order valence-corrected chi connectivity index (χ2v) is 7.56. The summed E-state index contributed by atoms with van der Waals surface area (Å²) in [4.78, 5) is 38.6. The van der Waals surface area contributed by atoms with E-state index in [-0.39, 0.29) is 41.8 Å². The van der Waals surface area contributed by atoms with Gasteiger partial charge in [0.15, 0.2) is 0 Å². The molecule has 2 aromatic rings. The van der Waals surface area contributed by atoms with Crippen LogP contribution >= 0.6 is 0 Å². The van der Waals surface area contributed by atoms with E-state index in [1.54, 1.807) is 21.8 Å². The molecule has 146 valence electrons. The van der Waals surface area contributed by atoms with Crippen LogP contribution in [0.3, 0.4) is 0 Å². The quantitative estimate of drug-likeness (QED) is 0.878. The topological polar surface area (TPSA) is 84.3 Å². The monoisotopic (exact) mass is 380 g/mol. The molecule has 1 aliphatic heterocycles. The van der Waals surface area contributed by atoms with Crippen LogP contribution in [0.15, 0.2) is 53.5 Å². The first-order valence-corrected chi connectivity index (χ1v) is 9.81. The van der Waals surface area contributed by atoms with E-state index in [4.69, 9.17) is 0 Å². The molecule has 1 aromatic carbocycles. The Kier molecular flexibility index (Phi) is 5.23. The molecule has 1 saturated carbocycles. The third kappa shape index (κ3) is 3.83. The Balaban J connectivity index is 1.31. The normalized spacial score (nSPS) is 24.9. The Morgan fingerprint density at radius 2 is 1.75 bits per heavy atom. The number of benzene rings is 1. The van der Waals surface area contributed by atoms with E-state index in [0.29, 0.717) is 6.54 Å². The molecule has 1 saturated heterocycles. The number of rotatable bonds is 4. The van der Waals surface area contributed by atoms with Gasteiger partial charge < -0.3 is 10.2 Å².